The minimum atomic E-state index is -0.600. The highest BCUT2D eigenvalue weighted by Gasteiger charge is 2.26. The maximum absolute atomic E-state index is 13.2. The summed E-state index contributed by atoms with van der Waals surface area (Å²) in [7, 11) is 0. The van der Waals surface area contributed by atoms with E-state index in [0.717, 1.165) is 27.8 Å². The van der Waals surface area contributed by atoms with E-state index in [4.69, 9.17) is 4.74 Å². The molecule has 5 nitrogen and oxygen atoms in total. The van der Waals surface area contributed by atoms with Gasteiger partial charge in [0.1, 0.15) is 11.8 Å². The van der Waals surface area contributed by atoms with E-state index in [0.29, 0.717) is 24.8 Å². The first-order valence-corrected chi connectivity index (χ1v) is 10.9. The molecular weight excluding hydrogens is 388 g/mol. The molecule has 0 spiro atoms. The minimum Gasteiger partial charge on any atom is -0.483 e. The molecule has 5 heteroatoms. The number of nitrogens with one attached hydrogen (secondary N) is 1. The zero-order valence-electron chi connectivity index (χ0n) is 19.9. The van der Waals surface area contributed by atoms with Crippen LogP contribution in [0.2, 0.25) is 0 Å². The summed E-state index contributed by atoms with van der Waals surface area (Å²) in [5.74, 6) is 0.675. The second-order valence-corrected chi connectivity index (χ2v) is 8.82. The number of carbonyl (C=O) groups is 2. The highest BCUT2D eigenvalue weighted by atomic mass is 16.5. The van der Waals surface area contributed by atoms with Gasteiger partial charge in [0.2, 0.25) is 5.91 Å². The number of rotatable bonds is 9. The Kier molecular flexibility index (Phi) is 8.66. The number of carbonyl (C=O) groups excluding carboxylic acids is 2. The van der Waals surface area contributed by atoms with Crippen LogP contribution in [0.15, 0.2) is 36.4 Å². The van der Waals surface area contributed by atoms with Crippen molar-refractivity contribution in [3.63, 3.8) is 0 Å². The predicted octanol–water partition coefficient (Wildman–Crippen LogP) is 4.49. The van der Waals surface area contributed by atoms with Crippen LogP contribution in [-0.2, 0) is 16.1 Å². The standard InChI is InChI=1S/C26H36N2O3/c1-17(2)14-27-26(30)22(7)28(15-23-10-8-18(3)9-11-23)25(29)16-31-24-13-19(4)12-20(5)21(24)6/h8-13,17,22H,14-16H2,1-7H3,(H,27,30). The van der Waals surface area contributed by atoms with Crippen molar-refractivity contribution in [2.24, 2.45) is 5.92 Å². The van der Waals surface area contributed by atoms with Crippen molar-refractivity contribution in [3.8, 4) is 5.75 Å². The molecular formula is C26H36N2O3. The van der Waals surface area contributed by atoms with E-state index in [2.05, 4.69) is 11.4 Å². The van der Waals surface area contributed by atoms with Gasteiger partial charge in [0.15, 0.2) is 6.61 Å². The van der Waals surface area contributed by atoms with E-state index < -0.39 is 6.04 Å². The second kappa shape index (κ2) is 11.0. The maximum Gasteiger partial charge on any atom is 0.261 e. The van der Waals surface area contributed by atoms with Gasteiger partial charge >= 0.3 is 0 Å². The number of ether oxygens (including phenoxy) is 1. The average Bonchev–Trinajstić information content (AvgIpc) is 2.72. The number of hydrogen-bond acceptors (Lipinski definition) is 3. The summed E-state index contributed by atoms with van der Waals surface area (Å²) in [5.41, 5.74) is 5.36. The van der Waals surface area contributed by atoms with Crippen LogP contribution >= 0.6 is 0 Å². The molecule has 2 aromatic rings. The van der Waals surface area contributed by atoms with Crippen LogP contribution in [0.5, 0.6) is 5.75 Å². The molecule has 0 bridgehead atoms. The molecule has 2 amide bonds. The van der Waals surface area contributed by atoms with Gasteiger partial charge in [0.05, 0.1) is 0 Å². The molecule has 0 heterocycles. The molecule has 0 aliphatic carbocycles. The molecule has 1 atom stereocenters. The zero-order chi connectivity index (χ0) is 23.1. The lowest BCUT2D eigenvalue weighted by Crippen LogP contribution is -2.49. The van der Waals surface area contributed by atoms with Crippen molar-refractivity contribution in [1.29, 1.82) is 0 Å². The third kappa shape index (κ3) is 7.12. The lowest BCUT2D eigenvalue weighted by atomic mass is 10.1. The van der Waals surface area contributed by atoms with Crippen molar-refractivity contribution in [3.05, 3.63) is 64.2 Å². The smallest absolute Gasteiger partial charge is 0.261 e. The topological polar surface area (TPSA) is 58.6 Å². The van der Waals surface area contributed by atoms with Crippen LogP contribution < -0.4 is 10.1 Å². The van der Waals surface area contributed by atoms with Gasteiger partial charge in [0.25, 0.3) is 5.91 Å². The molecule has 0 saturated carbocycles. The van der Waals surface area contributed by atoms with E-state index in [1.54, 1.807) is 11.8 Å². The molecule has 0 saturated heterocycles. The van der Waals surface area contributed by atoms with Gasteiger partial charge < -0.3 is 15.0 Å². The summed E-state index contributed by atoms with van der Waals surface area (Å²) < 4.78 is 5.90. The molecule has 2 aromatic carbocycles. The number of aryl methyl sites for hydroxylation is 3. The molecule has 0 fully saturated rings. The number of amides is 2. The van der Waals surface area contributed by atoms with Crippen molar-refractivity contribution in [2.75, 3.05) is 13.2 Å². The fraction of sp³-hybridized carbons (Fsp3) is 0.462. The molecule has 0 aliphatic rings. The Morgan fingerprint density at radius 2 is 1.61 bits per heavy atom. The number of nitrogens with zero attached hydrogens (tertiary/aromatic N) is 1. The van der Waals surface area contributed by atoms with Crippen molar-refractivity contribution >= 4 is 11.8 Å². The summed E-state index contributed by atoms with van der Waals surface area (Å²) in [6, 6.07) is 11.4. The number of benzene rings is 2. The van der Waals surface area contributed by atoms with Gasteiger partial charge in [0, 0.05) is 13.1 Å². The van der Waals surface area contributed by atoms with Crippen molar-refractivity contribution in [1.82, 2.24) is 10.2 Å². The van der Waals surface area contributed by atoms with Gasteiger partial charge in [-0.2, -0.15) is 0 Å². The Labute approximate surface area is 186 Å². The van der Waals surface area contributed by atoms with Crippen LogP contribution in [0.3, 0.4) is 0 Å². The van der Waals surface area contributed by atoms with E-state index in [9.17, 15) is 9.59 Å². The lowest BCUT2D eigenvalue weighted by Gasteiger charge is -2.29. The average molecular weight is 425 g/mol. The summed E-state index contributed by atoms with van der Waals surface area (Å²) in [6.07, 6.45) is 0. The summed E-state index contributed by atoms with van der Waals surface area (Å²) in [4.78, 5) is 27.5. The third-order valence-corrected chi connectivity index (χ3v) is 5.44. The molecule has 31 heavy (non-hydrogen) atoms. The van der Waals surface area contributed by atoms with Crippen molar-refractivity contribution in [2.45, 2.75) is 61.1 Å². The highest BCUT2D eigenvalue weighted by molar-refractivity contribution is 5.88. The summed E-state index contributed by atoms with van der Waals surface area (Å²) >= 11 is 0. The Balaban J connectivity index is 2.18. The van der Waals surface area contributed by atoms with Gasteiger partial charge in [-0.1, -0.05) is 49.7 Å². The fourth-order valence-corrected chi connectivity index (χ4v) is 3.30. The molecule has 2 rings (SSSR count). The number of hydrogen-bond donors (Lipinski definition) is 1. The highest BCUT2D eigenvalue weighted by Crippen LogP contribution is 2.23. The third-order valence-electron chi connectivity index (χ3n) is 5.44. The van der Waals surface area contributed by atoms with E-state index in [-0.39, 0.29) is 18.4 Å². The van der Waals surface area contributed by atoms with Gasteiger partial charge in [-0.3, -0.25) is 9.59 Å². The van der Waals surface area contributed by atoms with Gasteiger partial charge in [-0.15, -0.1) is 0 Å². The van der Waals surface area contributed by atoms with E-state index >= 15 is 0 Å². The first-order valence-electron chi connectivity index (χ1n) is 10.9. The zero-order valence-corrected chi connectivity index (χ0v) is 19.9. The van der Waals surface area contributed by atoms with Gasteiger partial charge in [-0.05, 0) is 68.9 Å². The minimum absolute atomic E-state index is 0.114. The fourth-order valence-electron chi connectivity index (χ4n) is 3.30. The molecule has 0 aliphatic heterocycles. The maximum atomic E-state index is 13.2. The van der Waals surface area contributed by atoms with Crippen LogP contribution in [0, 0.1) is 33.6 Å². The second-order valence-electron chi connectivity index (χ2n) is 8.82. The first-order chi connectivity index (χ1) is 14.6. The monoisotopic (exact) mass is 424 g/mol. The van der Waals surface area contributed by atoms with Crippen LogP contribution in [-0.4, -0.2) is 35.9 Å². The largest absolute Gasteiger partial charge is 0.483 e. The van der Waals surface area contributed by atoms with Crippen LogP contribution in [0.4, 0.5) is 0 Å². The summed E-state index contributed by atoms with van der Waals surface area (Å²) in [6.45, 7) is 14.7. The van der Waals surface area contributed by atoms with Crippen LogP contribution in [0.25, 0.3) is 0 Å². The van der Waals surface area contributed by atoms with Crippen molar-refractivity contribution < 1.29 is 14.3 Å². The lowest BCUT2D eigenvalue weighted by molar-refractivity contribution is -0.142. The van der Waals surface area contributed by atoms with E-state index in [1.165, 1.54) is 0 Å². The molecule has 1 unspecified atom stereocenters. The Hall–Kier alpha value is -2.82. The molecule has 168 valence electrons. The Morgan fingerprint density at radius 3 is 2.23 bits per heavy atom. The predicted molar refractivity (Wildman–Crippen MR) is 125 cm³/mol. The summed E-state index contributed by atoms with van der Waals surface area (Å²) in [5, 5.41) is 2.94. The quantitative estimate of drug-likeness (QED) is 0.645. The Morgan fingerprint density at radius 1 is 0.968 bits per heavy atom. The van der Waals surface area contributed by atoms with Crippen LogP contribution in [0.1, 0.15) is 48.6 Å². The first kappa shape index (κ1) is 24.4. The molecule has 0 aromatic heterocycles. The SMILES string of the molecule is Cc1ccc(CN(C(=O)COc2cc(C)cc(C)c2C)C(C)C(=O)NCC(C)C)cc1. The molecule has 1 N–H and O–H groups in total. The van der Waals surface area contributed by atoms with Gasteiger partial charge in [-0.25, -0.2) is 0 Å². The normalized spacial score (nSPS) is 11.9. The van der Waals surface area contributed by atoms with E-state index in [1.807, 2.05) is 71.9 Å². The molecule has 0 radical (unpaired) electrons. The Bertz CT molecular complexity index is 904.